The molecule has 0 aromatic heterocycles. The standard InChI is InChI=1S/C38H50ClN3O7S/c1-26-6-5-8-35(46-2)33-13-10-30(33)23-42-22-29-9-12-31(39)20-27(29)7-3-4-17-48-36-14-11-28(21-34(36)42)38(44)41-50(45,25-26)40-37(43)24-49-32-15-18-47-19-16-32/h5,8-9,11-12,14,20-21,26,30,32-33,35H,3-4,6-7,10,13,15-19,22-25H2,1-2H3,(H,40,41,43,44,45)/b8-5+/t26-,30-,33+,35-,50?/m0/s1. The number of halogens is 1. The third-order valence-electron chi connectivity index (χ3n) is 10.3. The first-order valence-electron chi connectivity index (χ1n) is 18.0. The normalized spacial score (nSPS) is 28.8. The molecule has 6 rings (SSSR count). The van der Waals surface area contributed by atoms with Gasteiger partial charge in [-0.1, -0.05) is 36.7 Å². The van der Waals surface area contributed by atoms with Crippen LogP contribution in [0.5, 0.6) is 5.75 Å². The number of carbonyl (C=O) groups is 2. The van der Waals surface area contributed by atoms with Crippen LogP contribution in [0.15, 0.2) is 52.9 Å². The summed E-state index contributed by atoms with van der Waals surface area (Å²) in [6, 6.07) is 11.4. The molecule has 1 saturated carbocycles. The Hall–Kier alpha value is -2.96. The molecule has 272 valence electrons. The molecule has 0 spiro atoms. The van der Waals surface area contributed by atoms with Gasteiger partial charge < -0.3 is 23.8 Å². The molecule has 12 heteroatoms. The highest BCUT2D eigenvalue weighted by Crippen LogP contribution is 2.42. The van der Waals surface area contributed by atoms with Crippen LogP contribution in [0.25, 0.3) is 0 Å². The van der Waals surface area contributed by atoms with Crippen LogP contribution in [0, 0.1) is 17.8 Å². The first kappa shape index (κ1) is 36.8. The van der Waals surface area contributed by atoms with Crippen molar-refractivity contribution in [2.24, 2.45) is 22.1 Å². The zero-order valence-corrected chi connectivity index (χ0v) is 30.7. The van der Waals surface area contributed by atoms with E-state index in [9.17, 15) is 13.8 Å². The van der Waals surface area contributed by atoms with Crippen LogP contribution in [-0.4, -0.2) is 74.1 Å². The van der Waals surface area contributed by atoms with Gasteiger partial charge in [0.15, 0.2) is 0 Å². The summed E-state index contributed by atoms with van der Waals surface area (Å²) in [4.78, 5) is 29.3. The molecule has 2 fully saturated rings. The lowest BCUT2D eigenvalue weighted by Crippen LogP contribution is -2.43. The number of carbonyl (C=O) groups excluding carboxylic acids is 2. The fourth-order valence-electron chi connectivity index (χ4n) is 7.42. The quantitative estimate of drug-likeness (QED) is 0.346. The molecule has 2 aromatic rings. The molecule has 5 atom stereocenters. The number of allylic oxidation sites excluding steroid dienone is 1. The van der Waals surface area contributed by atoms with Gasteiger partial charge in [-0.05, 0) is 111 Å². The van der Waals surface area contributed by atoms with Crippen molar-refractivity contribution in [3.63, 3.8) is 0 Å². The number of ether oxygens (including phenoxy) is 4. The SMILES string of the molecule is CO[C@H]1/C=C/C[C@H](C)CS(=O)(NC(=O)COC2CCOCC2)=NC(=O)c2ccc3c(c2)N(Cc2ccc(Cl)cc2CCCCO3)C[C@@H]2CC[C@H]21. The van der Waals surface area contributed by atoms with Crippen molar-refractivity contribution < 1.29 is 32.7 Å². The molecule has 0 radical (unpaired) electrons. The smallest absolute Gasteiger partial charge is 0.286 e. The maximum absolute atomic E-state index is 14.4. The molecule has 10 nitrogen and oxygen atoms in total. The van der Waals surface area contributed by atoms with E-state index in [4.69, 9.17) is 30.5 Å². The van der Waals surface area contributed by atoms with Crippen LogP contribution in [0.2, 0.25) is 5.02 Å². The summed E-state index contributed by atoms with van der Waals surface area (Å²) in [6.45, 7) is 4.71. The molecular formula is C38H50ClN3O7S. The molecule has 4 aliphatic rings. The largest absolute Gasteiger partial charge is 0.491 e. The third kappa shape index (κ3) is 9.47. The van der Waals surface area contributed by atoms with Crippen LogP contribution in [0.1, 0.15) is 73.4 Å². The van der Waals surface area contributed by atoms with Gasteiger partial charge in [0.1, 0.15) is 22.3 Å². The first-order valence-corrected chi connectivity index (χ1v) is 20.0. The predicted molar refractivity (Wildman–Crippen MR) is 195 cm³/mol. The Morgan fingerprint density at radius 3 is 2.70 bits per heavy atom. The van der Waals surface area contributed by atoms with E-state index in [1.807, 2.05) is 19.1 Å². The number of nitrogens with one attached hydrogen (secondary N) is 1. The van der Waals surface area contributed by atoms with Crippen molar-refractivity contribution in [1.29, 1.82) is 0 Å². The molecule has 1 aliphatic carbocycles. The molecule has 1 saturated heterocycles. The van der Waals surface area contributed by atoms with E-state index in [1.165, 1.54) is 11.1 Å². The van der Waals surface area contributed by atoms with E-state index >= 15 is 0 Å². The molecule has 3 aliphatic heterocycles. The third-order valence-corrected chi connectivity index (χ3v) is 12.6. The fraction of sp³-hybridized carbons (Fsp3) is 0.579. The van der Waals surface area contributed by atoms with E-state index < -0.39 is 21.7 Å². The predicted octanol–water partition coefficient (Wildman–Crippen LogP) is 6.53. The molecule has 2 bridgehead atoms. The van der Waals surface area contributed by atoms with Crippen molar-refractivity contribution in [3.05, 3.63) is 70.3 Å². The molecular weight excluding hydrogens is 678 g/mol. The number of anilines is 1. The van der Waals surface area contributed by atoms with E-state index in [1.54, 1.807) is 19.2 Å². The Morgan fingerprint density at radius 2 is 1.92 bits per heavy atom. The Labute approximate surface area is 301 Å². The number of hydrogen-bond acceptors (Lipinski definition) is 8. The van der Waals surface area contributed by atoms with Gasteiger partial charge in [0.2, 0.25) is 0 Å². The van der Waals surface area contributed by atoms with Crippen molar-refractivity contribution in [1.82, 2.24) is 4.72 Å². The molecule has 1 N–H and O–H groups in total. The summed E-state index contributed by atoms with van der Waals surface area (Å²) in [7, 11) is -1.75. The zero-order chi connectivity index (χ0) is 35.1. The van der Waals surface area contributed by atoms with E-state index in [2.05, 4.69) is 38.3 Å². The lowest BCUT2D eigenvalue weighted by molar-refractivity contribution is -0.128. The second kappa shape index (κ2) is 17.0. The summed E-state index contributed by atoms with van der Waals surface area (Å²) in [5, 5.41) is 0.715. The van der Waals surface area contributed by atoms with Crippen LogP contribution in [0.3, 0.4) is 0 Å². The highest BCUT2D eigenvalue weighted by molar-refractivity contribution is 7.92. The Morgan fingerprint density at radius 1 is 1.08 bits per heavy atom. The van der Waals surface area contributed by atoms with Crippen LogP contribution >= 0.6 is 11.6 Å². The van der Waals surface area contributed by atoms with Crippen molar-refractivity contribution in [3.8, 4) is 5.75 Å². The molecule has 1 unspecified atom stereocenters. The number of methoxy groups -OCH3 is 1. The van der Waals surface area contributed by atoms with Crippen molar-refractivity contribution in [2.75, 3.05) is 50.7 Å². The number of nitrogens with zero attached hydrogens (tertiary/aromatic N) is 2. The van der Waals surface area contributed by atoms with E-state index in [-0.39, 0.29) is 36.0 Å². The van der Waals surface area contributed by atoms with Crippen LogP contribution in [0.4, 0.5) is 5.69 Å². The number of rotatable bonds is 5. The van der Waals surface area contributed by atoms with Gasteiger partial charge >= 0.3 is 0 Å². The molecule has 50 heavy (non-hydrogen) atoms. The summed E-state index contributed by atoms with van der Waals surface area (Å²) in [6.07, 6.45) is 10.8. The summed E-state index contributed by atoms with van der Waals surface area (Å²) in [5.41, 5.74) is 3.46. The van der Waals surface area contributed by atoms with Crippen molar-refractivity contribution >= 4 is 39.0 Å². The molecule has 2 amide bonds. The van der Waals surface area contributed by atoms with Crippen LogP contribution in [-0.2, 0) is 41.9 Å². The lowest BCUT2D eigenvalue weighted by Gasteiger charge is -2.43. The average molecular weight is 728 g/mol. The minimum Gasteiger partial charge on any atom is -0.491 e. The number of aryl methyl sites for hydroxylation is 1. The maximum atomic E-state index is 14.4. The first-order chi connectivity index (χ1) is 24.2. The van der Waals surface area contributed by atoms with E-state index in [0.29, 0.717) is 68.2 Å². The summed E-state index contributed by atoms with van der Waals surface area (Å²) in [5.74, 6) is 0.0311. The number of amides is 2. The van der Waals surface area contributed by atoms with Crippen molar-refractivity contribution in [2.45, 2.75) is 77.0 Å². The fourth-order valence-corrected chi connectivity index (χ4v) is 9.51. The van der Waals surface area contributed by atoms with E-state index in [0.717, 1.165) is 44.3 Å². The monoisotopic (exact) mass is 727 g/mol. The van der Waals surface area contributed by atoms with Gasteiger partial charge in [0.25, 0.3) is 11.8 Å². The second-order valence-corrected chi connectivity index (χ2v) is 16.5. The van der Waals surface area contributed by atoms with Gasteiger partial charge in [0, 0.05) is 44.0 Å². The molecule has 2 aromatic carbocycles. The Kier molecular flexibility index (Phi) is 12.5. The van der Waals surface area contributed by atoms with Gasteiger partial charge in [-0.25, -0.2) is 4.21 Å². The van der Waals surface area contributed by atoms with Gasteiger partial charge in [0.05, 0.1) is 30.3 Å². The second-order valence-electron chi connectivity index (χ2n) is 14.1. The minimum absolute atomic E-state index is 0.00924. The van der Waals surface area contributed by atoms with Gasteiger partial charge in [-0.3, -0.25) is 14.3 Å². The summed E-state index contributed by atoms with van der Waals surface area (Å²) >= 11 is 6.46. The number of fused-ring (bicyclic) bond motifs is 3. The zero-order valence-electron chi connectivity index (χ0n) is 29.2. The highest BCUT2D eigenvalue weighted by atomic mass is 35.5. The average Bonchev–Trinajstić information content (AvgIpc) is 3.11. The number of hydrogen-bond donors (Lipinski definition) is 1. The highest BCUT2D eigenvalue weighted by Gasteiger charge is 2.38. The number of benzene rings is 2. The Bertz CT molecular complexity index is 1670. The topological polar surface area (TPSA) is 116 Å². The maximum Gasteiger partial charge on any atom is 0.286 e. The van der Waals surface area contributed by atoms with Crippen LogP contribution < -0.4 is 14.4 Å². The lowest BCUT2D eigenvalue weighted by atomic mass is 9.70. The summed E-state index contributed by atoms with van der Waals surface area (Å²) < 4.78 is 44.8. The minimum atomic E-state index is -3.50. The molecule has 3 heterocycles. The van der Waals surface area contributed by atoms with Gasteiger partial charge in [-0.2, -0.15) is 0 Å². The van der Waals surface area contributed by atoms with Gasteiger partial charge in [-0.15, -0.1) is 4.36 Å². The Balaban J connectivity index is 1.38.